The predicted octanol–water partition coefficient (Wildman–Crippen LogP) is 2.20. The first-order chi connectivity index (χ1) is 6.96. The number of halogens is 1. The first-order valence-electron chi connectivity index (χ1n) is 4.51. The van der Waals surface area contributed by atoms with Crippen molar-refractivity contribution in [1.29, 1.82) is 0 Å². The predicted molar refractivity (Wildman–Crippen MR) is 59.8 cm³/mol. The lowest BCUT2D eigenvalue weighted by molar-refractivity contribution is 0.0818. The summed E-state index contributed by atoms with van der Waals surface area (Å²) in [7, 11) is 1.60. The Labute approximate surface area is 97.1 Å². The van der Waals surface area contributed by atoms with Gasteiger partial charge >= 0.3 is 0 Å². The van der Waals surface area contributed by atoms with Crippen LogP contribution in [0.25, 0.3) is 0 Å². The average molecular weight is 276 g/mol. The molecule has 0 radical (unpaired) electrons. The van der Waals surface area contributed by atoms with E-state index in [1.54, 1.807) is 13.2 Å². The lowest BCUT2D eigenvalue weighted by Crippen LogP contribution is -2.46. The van der Waals surface area contributed by atoms with Crippen LogP contribution in [0.3, 0.4) is 0 Å². The van der Waals surface area contributed by atoms with Crippen LogP contribution in [0.4, 0.5) is 0 Å². The maximum atomic E-state index is 11.8. The summed E-state index contributed by atoms with van der Waals surface area (Å²) in [5.74, 6) is -0.183. The molecule has 1 amide bonds. The lowest BCUT2D eigenvalue weighted by atomic mass is 10.1. The maximum Gasteiger partial charge on any atom is 0.256 e. The van der Waals surface area contributed by atoms with Gasteiger partial charge in [-0.3, -0.25) is 4.79 Å². The zero-order valence-corrected chi connectivity index (χ0v) is 10.6. The number of methoxy groups -OCH3 is 1. The van der Waals surface area contributed by atoms with Gasteiger partial charge in [-0.05, 0) is 35.8 Å². The molecule has 4 nitrogen and oxygen atoms in total. The molecule has 0 fully saturated rings. The molecule has 84 valence electrons. The van der Waals surface area contributed by atoms with E-state index in [1.807, 2.05) is 13.8 Å². The molecule has 1 aromatic rings. The summed E-state index contributed by atoms with van der Waals surface area (Å²) >= 11 is 3.15. The molecule has 0 aliphatic rings. The number of hydrogen-bond acceptors (Lipinski definition) is 3. The normalized spacial score (nSPS) is 11.5. The van der Waals surface area contributed by atoms with E-state index in [4.69, 9.17) is 9.15 Å². The van der Waals surface area contributed by atoms with E-state index in [1.165, 1.54) is 6.26 Å². The van der Waals surface area contributed by atoms with E-state index in [-0.39, 0.29) is 5.91 Å². The van der Waals surface area contributed by atoms with Crippen LogP contribution in [0.1, 0.15) is 24.2 Å². The first kappa shape index (κ1) is 12.3. The highest BCUT2D eigenvalue weighted by Crippen LogP contribution is 2.18. The van der Waals surface area contributed by atoms with Crippen molar-refractivity contribution in [1.82, 2.24) is 5.32 Å². The molecule has 5 heteroatoms. The molecule has 1 heterocycles. The summed E-state index contributed by atoms with van der Waals surface area (Å²) in [5, 5.41) is 2.85. The molecule has 0 unspecified atom stereocenters. The minimum Gasteiger partial charge on any atom is -0.457 e. The summed E-state index contributed by atoms with van der Waals surface area (Å²) in [6.45, 7) is 4.24. The molecule has 0 aliphatic heterocycles. The number of carbonyl (C=O) groups excluding carboxylic acids is 1. The van der Waals surface area contributed by atoms with Crippen molar-refractivity contribution in [3.63, 3.8) is 0 Å². The largest absolute Gasteiger partial charge is 0.457 e. The highest BCUT2D eigenvalue weighted by Gasteiger charge is 2.22. The van der Waals surface area contributed by atoms with Crippen molar-refractivity contribution >= 4 is 21.8 Å². The summed E-state index contributed by atoms with van der Waals surface area (Å²) in [4.78, 5) is 11.8. The molecule has 0 aliphatic carbocycles. The van der Waals surface area contributed by atoms with Gasteiger partial charge in [-0.25, -0.2) is 0 Å². The van der Waals surface area contributed by atoms with Crippen LogP contribution in [0.5, 0.6) is 0 Å². The van der Waals surface area contributed by atoms with Crippen molar-refractivity contribution in [2.75, 3.05) is 13.7 Å². The quantitative estimate of drug-likeness (QED) is 0.917. The van der Waals surface area contributed by atoms with Crippen LogP contribution in [0, 0.1) is 0 Å². The number of furan rings is 1. The molecule has 1 N–H and O–H groups in total. The van der Waals surface area contributed by atoms with E-state index in [0.29, 0.717) is 16.8 Å². The fourth-order valence-electron chi connectivity index (χ4n) is 1.23. The highest BCUT2D eigenvalue weighted by molar-refractivity contribution is 9.10. The van der Waals surface area contributed by atoms with Crippen molar-refractivity contribution in [3.8, 4) is 0 Å². The number of hydrogen-bond donors (Lipinski definition) is 1. The molecule has 1 rings (SSSR count). The number of carbonyl (C=O) groups is 1. The Hall–Kier alpha value is -0.810. The Balaban J connectivity index is 2.68. The molecular weight excluding hydrogens is 262 g/mol. The van der Waals surface area contributed by atoms with Crippen LogP contribution in [0.2, 0.25) is 0 Å². The van der Waals surface area contributed by atoms with Gasteiger partial charge < -0.3 is 14.5 Å². The van der Waals surface area contributed by atoms with Crippen LogP contribution < -0.4 is 5.32 Å². The van der Waals surface area contributed by atoms with Gasteiger partial charge in [0.15, 0.2) is 4.67 Å². The van der Waals surface area contributed by atoms with Gasteiger partial charge in [0, 0.05) is 7.11 Å². The third kappa shape index (κ3) is 3.35. The Morgan fingerprint density at radius 1 is 1.67 bits per heavy atom. The van der Waals surface area contributed by atoms with Gasteiger partial charge in [-0.15, -0.1) is 0 Å². The Kier molecular flexibility index (Phi) is 3.93. The third-order valence-corrected chi connectivity index (χ3v) is 2.43. The van der Waals surface area contributed by atoms with Crippen molar-refractivity contribution in [2.45, 2.75) is 19.4 Å². The Morgan fingerprint density at radius 3 is 2.80 bits per heavy atom. The van der Waals surface area contributed by atoms with Crippen LogP contribution in [-0.4, -0.2) is 25.2 Å². The Bertz CT molecular complexity index is 346. The highest BCUT2D eigenvalue weighted by atomic mass is 79.9. The van der Waals surface area contributed by atoms with Gasteiger partial charge in [-0.1, -0.05) is 0 Å². The van der Waals surface area contributed by atoms with Crippen LogP contribution in [0.15, 0.2) is 21.4 Å². The van der Waals surface area contributed by atoms with Gasteiger partial charge in [-0.2, -0.15) is 0 Å². The van der Waals surface area contributed by atoms with Gasteiger partial charge in [0.05, 0.1) is 24.0 Å². The number of rotatable bonds is 4. The second kappa shape index (κ2) is 4.81. The molecule has 0 atom stereocenters. The molecule has 0 aromatic carbocycles. The topological polar surface area (TPSA) is 51.5 Å². The van der Waals surface area contributed by atoms with E-state index in [9.17, 15) is 4.79 Å². The van der Waals surface area contributed by atoms with Crippen LogP contribution >= 0.6 is 15.9 Å². The smallest absolute Gasteiger partial charge is 0.256 e. The van der Waals surface area contributed by atoms with E-state index < -0.39 is 5.54 Å². The third-order valence-electron chi connectivity index (χ3n) is 1.82. The van der Waals surface area contributed by atoms with E-state index >= 15 is 0 Å². The van der Waals surface area contributed by atoms with E-state index in [2.05, 4.69) is 21.2 Å². The summed E-state index contributed by atoms with van der Waals surface area (Å²) in [5.41, 5.74) is 0.0851. The monoisotopic (exact) mass is 275 g/mol. The fraction of sp³-hybridized carbons (Fsp3) is 0.500. The van der Waals surface area contributed by atoms with Gasteiger partial charge in [0.1, 0.15) is 0 Å². The lowest BCUT2D eigenvalue weighted by Gasteiger charge is -2.24. The number of amides is 1. The standard InChI is InChI=1S/C10H14BrNO3/c1-10(2,6-14-3)12-9(13)7-4-5-15-8(7)11/h4-5H,6H2,1-3H3,(H,12,13). The fourth-order valence-corrected chi connectivity index (χ4v) is 1.65. The zero-order chi connectivity index (χ0) is 11.5. The first-order valence-corrected chi connectivity index (χ1v) is 5.30. The number of nitrogens with one attached hydrogen (secondary N) is 1. The maximum absolute atomic E-state index is 11.8. The molecule has 0 bridgehead atoms. The minimum atomic E-state index is -0.400. The summed E-state index contributed by atoms with van der Waals surface area (Å²) < 4.78 is 10.4. The van der Waals surface area contributed by atoms with E-state index in [0.717, 1.165) is 0 Å². The van der Waals surface area contributed by atoms with Gasteiger partial charge in [0.25, 0.3) is 5.91 Å². The average Bonchev–Trinajstić information content (AvgIpc) is 2.50. The van der Waals surface area contributed by atoms with Crippen molar-refractivity contribution < 1.29 is 13.9 Å². The number of ether oxygens (including phenoxy) is 1. The minimum absolute atomic E-state index is 0.183. The van der Waals surface area contributed by atoms with Crippen LogP contribution in [-0.2, 0) is 4.74 Å². The molecule has 15 heavy (non-hydrogen) atoms. The SMILES string of the molecule is COCC(C)(C)NC(=O)c1ccoc1Br. The second-order valence-electron chi connectivity index (χ2n) is 3.88. The molecule has 1 aromatic heterocycles. The molecule has 0 saturated carbocycles. The van der Waals surface area contributed by atoms with Gasteiger partial charge in [0.2, 0.25) is 0 Å². The Morgan fingerprint density at radius 2 is 2.33 bits per heavy atom. The second-order valence-corrected chi connectivity index (χ2v) is 4.60. The van der Waals surface area contributed by atoms with Crippen molar-refractivity contribution in [2.24, 2.45) is 0 Å². The molecular formula is C10H14BrNO3. The van der Waals surface area contributed by atoms with Crippen molar-refractivity contribution in [3.05, 3.63) is 22.6 Å². The molecule has 0 saturated heterocycles. The zero-order valence-electron chi connectivity index (χ0n) is 8.96. The molecule has 0 spiro atoms. The summed E-state index contributed by atoms with van der Waals surface area (Å²) in [6.07, 6.45) is 1.46. The summed E-state index contributed by atoms with van der Waals surface area (Å²) in [6, 6.07) is 1.61.